The Kier molecular flexibility index (Phi) is 4.05. The molecule has 4 heterocycles. The summed E-state index contributed by atoms with van der Waals surface area (Å²) in [5, 5.41) is 7.52. The molecule has 0 bridgehead atoms. The van der Waals surface area contributed by atoms with E-state index in [0.717, 1.165) is 32.5 Å². The molecule has 2 atom stereocenters. The van der Waals surface area contributed by atoms with Crippen molar-refractivity contribution < 1.29 is 9.13 Å². The molecule has 2 saturated heterocycles. The average Bonchev–Trinajstić information content (AvgIpc) is 3.26. The Bertz CT molecular complexity index is 666. The molecule has 23 heavy (non-hydrogen) atoms. The van der Waals surface area contributed by atoms with Gasteiger partial charge in [0, 0.05) is 32.3 Å². The minimum absolute atomic E-state index is 0.0844. The first-order chi connectivity index (χ1) is 11.2. The normalized spacial score (nSPS) is 27.8. The zero-order valence-electron chi connectivity index (χ0n) is 12.9. The van der Waals surface area contributed by atoms with Crippen molar-refractivity contribution in [2.45, 2.75) is 31.0 Å². The number of ether oxygens (including phenoxy) is 1. The summed E-state index contributed by atoms with van der Waals surface area (Å²) in [6, 6.07) is 5.34. The van der Waals surface area contributed by atoms with Gasteiger partial charge in [-0.15, -0.1) is 0 Å². The van der Waals surface area contributed by atoms with E-state index < -0.39 is 0 Å². The number of nitrogens with one attached hydrogen (secondary N) is 1. The Morgan fingerprint density at radius 3 is 3.26 bits per heavy atom. The van der Waals surface area contributed by atoms with Crippen molar-refractivity contribution in [2.75, 3.05) is 25.0 Å². The second kappa shape index (κ2) is 6.19. The molecule has 0 aliphatic carbocycles. The van der Waals surface area contributed by atoms with Crippen LogP contribution in [0.25, 0.3) is 0 Å². The lowest BCUT2D eigenvalue weighted by atomic mass is 9.97. The Balaban J connectivity index is 1.36. The summed E-state index contributed by atoms with van der Waals surface area (Å²) in [7, 11) is 0. The lowest BCUT2D eigenvalue weighted by Gasteiger charge is -2.23. The zero-order chi connectivity index (χ0) is 15.7. The molecule has 2 aliphatic rings. The first kappa shape index (κ1) is 15.1. The third kappa shape index (κ3) is 3.24. The van der Waals surface area contributed by atoms with Gasteiger partial charge in [0.1, 0.15) is 0 Å². The second-order valence-corrected chi connectivity index (χ2v) is 7.25. The van der Waals surface area contributed by atoms with Crippen LogP contribution in [0.5, 0.6) is 0 Å². The van der Waals surface area contributed by atoms with Gasteiger partial charge >= 0.3 is 0 Å². The summed E-state index contributed by atoms with van der Waals surface area (Å²) in [5.74, 6) is 0.0187. The molecule has 2 aromatic heterocycles. The van der Waals surface area contributed by atoms with Crippen LogP contribution in [-0.2, 0) is 11.3 Å². The van der Waals surface area contributed by atoms with E-state index in [-0.39, 0.29) is 17.5 Å². The Morgan fingerprint density at radius 2 is 2.43 bits per heavy atom. The van der Waals surface area contributed by atoms with Crippen LogP contribution in [0.3, 0.4) is 0 Å². The number of aromatic nitrogens is 1. The van der Waals surface area contributed by atoms with Crippen LogP contribution in [0, 0.1) is 5.82 Å². The summed E-state index contributed by atoms with van der Waals surface area (Å²) in [6.07, 6.45) is 3.55. The molecule has 2 fully saturated rings. The fourth-order valence-electron chi connectivity index (χ4n) is 3.61. The largest absolute Gasteiger partial charge is 0.371 e. The van der Waals surface area contributed by atoms with E-state index in [1.807, 2.05) is 0 Å². The first-order valence-electron chi connectivity index (χ1n) is 7.97. The van der Waals surface area contributed by atoms with E-state index in [1.54, 1.807) is 23.6 Å². The monoisotopic (exact) mass is 333 g/mol. The number of pyridine rings is 1. The molecule has 0 radical (unpaired) electrons. The van der Waals surface area contributed by atoms with E-state index in [4.69, 9.17) is 4.74 Å². The van der Waals surface area contributed by atoms with Gasteiger partial charge in [-0.05, 0) is 40.9 Å². The highest BCUT2D eigenvalue weighted by Gasteiger charge is 2.45. The second-order valence-electron chi connectivity index (χ2n) is 6.47. The average molecular weight is 333 g/mol. The van der Waals surface area contributed by atoms with Crippen molar-refractivity contribution in [1.29, 1.82) is 0 Å². The highest BCUT2D eigenvalue weighted by molar-refractivity contribution is 7.07. The molecule has 0 saturated carbocycles. The lowest BCUT2D eigenvalue weighted by Crippen LogP contribution is -2.33. The van der Waals surface area contributed by atoms with Crippen LogP contribution in [0.4, 0.5) is 10.2 Å². The molecule has 0 aromatic carbocycles. The predicted molar refractivity (Wildman–Crippen MR) is 89.1 cm³/mol. The number of hydrogen-bond acceptors (Lipinski definition) is 5. The van der Waals surface area contributed by atoms with Gasteiger partial charge < -0.3 is 10.1 Å². The number of nitrogens with zero attached hydrogens (tertiary/aromatic N) is 2. The Hall–Kier alpha value is -1.50. The van der Waals surface area contributed by atoms with Gasteiger partial charge in [-0.25, -0.2) is 9.37 Å². The van der Waals surface area contributed by atoms with Gasteiger partial charge in [0.2, 0.25) is 0 Å². The minimum Gasteiger partial charge on any atom is -0.371 e. The highest BCUT2D eigenvalue weighted by Crippen LogP contribution is 2.36. The molecule has 1 spiro atoms. The first-order valence-corrected chi connectivity index (χ1v) is 8.91. The highest BCUT2D eigenvalue weighted by atomic mass is 32.1. The van der Waals surface area contributed by atoms with Crippen LogP contribution in [0.2, 0.25) is 0 Å². The summed E-state index contributed by atoms with van der Waals surface area (Å²) in [4.78, 5) is 6.52. The summed E-state index contributed by atoms with van der Waals surface area (Å²) in [5.41, 5.74) is 1.29. The summed E-state index contributed by atoms with van der Waals surface area (Å²) >= 11 is 1.74. The van der Waals surface area contributed by atoms with Crippen molar-refractivity contribution in [3.8, 4) is 0 Å². The molecule has 2 unspecified atom stereocenters. The van der Waals surface area contributed by atoms with Gasteiger partial charge in [-0.2, -0.15) is 11.3 Å². The zero-order valence-corrected chi connectivity index (χ0v) is 13.7. The van der Waals surface area contributed by atoms with Crippen molar-refractivity contribution >= 4 is 17.2 Å². The number of anilines is 1. The molecule has 0 amide bonds. The van der Waals surface area contributed by atoms with E-state index in [0.29, 0.717) is 12.4 Å². The molecule has 4 rings (SSSR count). The van der Waals surface area contributed by atoms with Crippen molar-refractivity contribution in [3.63, 3.8) is 0 Å². The Labute approximate surface area is 139 Å². The molecular formula is C17H20FN3OS. The predicted octanol–water partition coefficient (Wildman–Crippen LogP) is 3.13. The standard InChI is InChI=1S/C17H20FN3OS/c18-15-2-1-5-19-16(15)20-14-8-17(22-10-14)4-6-21(12-17)9-13-3-7-23-11-13/h1-3,5,7,11,14H,4,6,8-10,12H2,(H,19,20). The van der Waals surface area contributed by atoms with E-state index in [1.165, 1.54) is 11.6 Å². The molecule has 2 aliphatic heterocycles. The van der Waals surface area contributed by atoms with Crippen LogP contribution >= 0.6 is 11.3 Å². The summed E-state index contributed by atoms with van der Waals surface area (Å²) in [6.45, 7) is 3.61. The van der Waals surface area contributed by atoms with Gasteiger partial charge in [0.05, 0.1) is 18.2 Å². The topological polar surface area (TPSA) is 37.4 Å². The SMILES string of the molecule is Fc1cccnc1NC1COC2(CCN(Cc3ccsc3)C2)C1. The quantitative estimate of drug-likeness (QED) is 0.933. The van der Waals surface area contributed by atoms with Crippen LogP contribution < -0.4 is 5.32 Å². The third-order valence-corrected chi connectivity index (χ3v) is 5.42. The number of hydrogen-bond donors (Lipinski definition) is 1. The number of halogens is 1. The maximum absolute atomic E-state index is 13.7. The summed E-state index contributed by atoms with van der Waals surface area (Å²) < 4.78 is 19.8. The van der Waals surface area contributed by atoms with E-state index >= 15 is 0 Å². The maximum atomic E-state index is 13.7. The maximum Gasteiger partial charge on any atom is 0.165 e. The van der Waals surface area contributed by atoms with Gasteiger partial charge in [0.15, 0.2) is 11.6 Å². The van der Waals surface area contributed by atoms with Crippen molar-refractivity contribution in [1.82, 2.24) is 9.88 Å². The molecule has 122 valence electrons. The van der Waals surface area contributed by atoms with Crippen LogP contribution in [0.1, 0.15) is 18.4 Å². The van der Waals surface area contributed by atoms with Gasteiger partial charge in [0.25, 0.3) is 0 Å². The smallest absolute Gasteiger partial charge is 0.165 e. The molecule has 2 aromatic rings. The molecule has 1 N–H and O–H groups in total. The molecule has 6 heteroatoms. The van der Waals surface area contributed by atoms with Crippen LogP contribution in [0.15, 0.2) is 35.2 Å². The number of rotatable bonds is 4. The minimum atomic E-state index is -0.307. The van der Waals surface area contributed by atoms with Crippen LogP contribution in [-0.4, -0.2) is 41.2 Å². The Morgan fingerprint density at radius 1 is 1.48 bits per heavy atom. The number of likely N-dealkylation sites (tertiary alicyclic amines) is 1. The van der Waals surface area contributed by atoms with E-state index in [2.05, 4.69) is 32.0 Å². The van der Waals surface area contributed by atoms with Gasteiger partial charge in [-0.1, -0.05) is 0 Å². The fourth-order valence-corrected chi connectivity index (χ4v) is 4.27. The van der Waals surface area contributed by atoms with Crippen molar-refractivity contribution in [2.24, 2.45) is 0 Å². The van der Waals surface area contributed by atoms with E-state index in [9.17, 15) is 4.39 Å². The molecule has 4 nitrogen and oxygen atoms in total. The third-order valence-electron chi connectivity index (χ3n) is 4.69. The number of thiophene rings is 1. The fraction of sp³-hybridized carbons (Fsp3) is 0.471. The lowest BCUT2D eigenvalue weighted by molar-refractivity contribution is 0.0120. The molecular weight excluding hydrogens is 313 g/mol. The van der Waals surface area contributed by atoms with Crippen molar-refractivity contribution in [3.05, 3.63) is 46.5 Å². The van der Waals surface area contributed by atoms with Gasteiger partial charge in [-0.3, -0.25) is 4.90 Å².